The van der Waals surface area contributed by atoms with Crippen LogP contribution in [0.1, 0.15) is 20.8 Å². The van der Waals surface area contributed by atoms with Crippen LogP contribution in [-0.2, 0) is 9.47 Å². The van der Waals surface area contributed by atoms with Gasteiger partial charge in [0.1, 0.15) is 0 Å². The summed E-state index contributed by atoms with van der Waals surface area (Å²) in [6, 6.07) is 0. The van der Waals surface area contributed by atoms with Crippen molar-refractivity contribution in [2.45, 2.75) is 32.7 Å². The first-order valence-corrected chi connectivity index (χ1v) is 4.54. The Morgan fingerprint density at radius 3 is 2.62 bits per heavy atom. The second-order valence-corrected chi connectivity index (χ2v) is 4.00. The van der Waals surface area contributed by atoms with Gasteiger partial charge in [0.05, 0.1) is 19.3 Å². The number of hydrogen-bond donors (Lipinski definition) is 1. The van der Waals surface area contributed by atoms with Gasteiger partial charge in [-0.3, -0.25) is 0 Å². The standard InChI is InChI=1S/C10H18O3/c1-7(2)8(5-11)9-6-12-10(3,4)13-9/h8-9,11H,1,5-6H2,2-4H3. The normalized spacial score (nSPS) is 28.8. The van der Waals surface area contributed by atoms with Crippen LogP contribution < -0.4 is 0 Å². The predicted octanol–water partition coefficient (Wildman–Crippen LogP) is 1.32. The van der Waals surface area contributed by atoms with E-state index in [1.807, 2.05) is 20.8 Å². The zero-order valence-electron chi connectivity index (χ0n) is 8.54. The Morgan fingerprint density at radius 2 is 2.31 bits per heavy atom. The molecule has 0 saturated carbocycles. The summed E-state index contributed by atoms with van der Waals surface area (Å²) < 4.78 is 11.0. The molecule has 0 bridgehead atoms. The maximum atomic E-state index is 9.13. The van der Waals surface area contributed by atoms with Crippen LogP contribution in [0.2, 0.25) is 0 Å². The van der Waals surface area contributed by atoms with Crippen molar-refractivity contribution in [3.63, 3.8) is 0 Å². The Labute approximate surface area is 79.3 Å². The van der Waals surface area contributed by atoms with Crippen LogP contribution in [0.5, 0.6) is 0 Å². The highest BCUT2D eigenvalue weighted by Crippen LogP contribution is 2.29. The summed E-state index contributed by atoms with van der Waals surface area (Å²) in [5.41, 5.74) is 0.939. The van der Waals surface area contributed by atoms with Crippen molar-refractivity contribution in [1.82, 2.24) is 0 Å². The molecular weight excluding hydrogens is 168 g/mol. The van der Waals surface area contributed by atoms with Crippen molar-refractivity contribution in [3.05, 3.63) is 12.2 Å². The molecule has 0 aromatic rings. The molecule has 1 saturated heterocycles. The molecule has 0 aromatic carbocycles. The third-order valence-corrected chi connectivity index (χ3v) is 2.31. The van der Waals surface area contributed by atoms with E-state index in [2.05, 4.69) is 6.58 Å². The van der Waals surface area contributed by atoms with Gasteiger partial charge in [-0.05, 0) is 20.8 Å². The second-order valence-electron chi connectivity index (χ2n) is 4.00. The minimum Gasteiger partial charge on any atom is -0.396 e. The van der Waals surface area contributed by atoms with Crippen molar-refractivity contribution in [2.75, 3.05) is 13.2 Å². The fourth-order valence-electron chi connectivity index (χ4n) is 1.50. The molecule has 3 nitrogen and oxygen atoms in total. The number of rotatable bonds is 3. The molecule has 0 radical (unpaired) electrons. The average molecular weight is 186 g/mol. The van der Waals surface area contributed by atoms with Gasteiger partial charge >= 0.3 is 0 Å². The summed E-state index contributed by atoms with van der Waals surface area (Å²) in [4.78, 5) is 0. The van der Waals surface area contributed by atoms with Crippen molar-refractivity contribution >= 4 is 0 Å². The van der Waals surface area contributed by atoms with E-state index in [1.165, 1.54) is 0 Å². The van der Waals surface area contributed by atoms with Crippen molar-refractivity contribution in [2.24, 2.45) is 5.92 Å². The van der Waals surface area contributed by atoms with E-state index < -0.39 is 5.79 Å². The van der Waals surface area contributed by atoms with Gasteiger partial charge in [-0.2, -0.15) is 0 Å². The monoisotopic (exact) mass is 186 g/mol. The van der Waals surface area contributed by atoms with Gasteiger partial charge in [-0.15, -0.1) is 0 Å². The molecule has 1 N–H and O–H groups in total. The first-order chi connectivity index (χ1) is 5.96. The molecule has 13 heavy (non-hydrogen) atoms. The minimum absolute atomic E-state index is 0.0122. The van der Waals surface area contributed by atoms with Crippen LogP contribution >= 0.6 is 0 Å². The second kappa shape index (κ2) is 3.78. The number of aliphatic hydroxyl groups is 1. The molecule has 1 aliphatic heterocycles. The Morgan fingerprint density at radius 1 is 1.69 bits per heavy atom. The number of aliphatic hydroxyl groups excluding tert-OH is 1. The molecule has 0 amide bonds. The van der Waals surface area contributed by atoms with Crippen LogP contribution in [0.3, 0.4) is 0 Å². The molecular formula is C10H18O3. The zero-order valence-corrected chi connectivity index (χ0v) is 8.54. The highest BCUT2D eigenvalue weighted by Gasteiger charge is 2.37. The summed E-state index contributed by atoms with van der Waals surface area (Å²) in [7, 11) is 0. The number of ether oxygens (including phenoxy) is 2. The van der Waals surface area contributed by atoms with Gasteiger partial charge in [0.2, 0.25) is 0 Å². The molecule has 3 heteroatoms. The number of hydrogen-bond acceptors (Lipinski definition) is 3. The molecule has 2 atom stereocenters. The summed E-state index contributed by atoms with van der Waals surface area (Å²) >= 11 is 0. The van der Waals surface area contributed by atoms with Crippen LogP contribution in [0.25, 0.3) is 0 Å². The summed E-state index contributed by atoms with van der Waals surface area (Å²) in [5.74, 6) is -0.533. The van der Waals surface area contributed by atoms with Crippen LogP contribution in [0.15, 0.2) is 12.2 Å². The summed E-state index contributed by atoms with van der Waals surface area (Å²) in [5, 5.41) is 9.13. The molecule has 76 valence electrons. The molecule has 0 aromatic heterocycles. The van der Waals surface area contributed by atoms with Crippen molar-refractivity contribution in [3.8, 4) is 0 Å². The first-order valence-electron chi connectivity index (χ1n) is 4.54. The van der Waals surface area contributed by atoms with Gasteiger partial charge in [0.15, 0.2) is 5.79 Å². The van der Waals surface area contributed by atoms with E-state index in [0.717, 1.165) is 5.57 Å². The zero-order chi connectivity index (χ0) is 10.1. The Kier molecular flexibility index (Phi) is 3.11. The Balaban J connectivity index is 2.58. The van der Waals surface area contributed by atoms with E-state index in [1.54, 1.807) is 0 Å². The van der Waals surface area contributed by atoms with Crippen molar-refractivity contribution < 1.29 is 14.6 Å². The summed E-state index contributed by atoms with van der Waals surface area (Å²) in [6.45, 7) is 10.1. The lowest BCUT2D eigenvalue weighted by atomic mass is 9.97. The highest BCUT2D eigenvalue weighted by molar-refractivity contribution is 5.01. The molecule has 1 rings (SSSR count). The lowest BCUT2D eigenvalue weighted by molar-refractivity contribution is -0.144. The lowest BCUT2D eigenvalue weighted by Gasteiger charge is -2.22. The third kappa shape index (κ3) is 2.53. The van der Waals surface area contributed by atoms with Crippen LogP contribution in [0, 0.1) is 5.92 Å². The van der Waals surface area contributed by atoms with E-state index in [0.29, 0.717) is 6.61 Å². The SMILES string of the molecule is C=C(C)C(CO)C1COC(C)(C)O1. The molecule has 1 aliphatic rings. The Hall–Kier alpha value is -0.380. The quantitative estimate of drug-likeness (QED) is 0.676. The molecule has 1 fully saturated rings. The maximum absolute atomic E-state index is 9.13. The Bertz CT molecular complexity index is 198. The van der Waals surface area contributed by atoms with Crippen LogP contribution in [-0.4, -0.2) is 30.2 Å². The van der Waals surface area contributed by atoms with Gasteiger partial charge in [0, 0.05) is 5.92 Å². The average Bonchev–Trinajstić information content (AvgIpc) is 2.31. The first kappa shape index (κ1) is 10.7. The van der Waals surface area contributed by atoms with Crippen LogP contribution in [0.4, 0.5) is 0 Å². The van der Waals surface area contributed by atoms with Gasteiger partial charge in [0.25, 0.3) is 0 Å². The lowest BCUT2D eigenvalue weighted by Crippen LogP contribution is -2.29. The topological polar surface area (TPSA) is 38.7 Å². The predicted molar refractivity (Wildman–Crippen MR) is 50.3 cm³/mol. The minimum atomic E-state index is -0.520. The fourth-order valence-corrected chi connectivity index (χ4v) is 1.50. The molecule has 0 spiro atoms. The van der Waals surface area contributed by atoms with E-state index >= 15 is 0 Å². The van der Waals surface area contributed by atoms with E-state index in [9.17, 15) is 0 Å². The fraction of sp³-hybridized carbons (Fsp3) is 0.800. The van der Waals surface area contributed by atoms with E-state index in [-0.39, 0.29) is 18.6 Å². The largest absolute Gasteiger partial charge is 0.396 e. The third-order valence-electron chi connectivity index (χ3n) is 2.31. The maximum Gasteiger partial charge on any atom is 0.163 e. The smallest absolute Gasteiger partial charge is 0.163 e. The molecule has 2 unspecified atom stereocenters. The van der Waals surface area contributed by atoms with E-state index in [4.69, 9.17) is 14.6 Å². The molecule has 1 heterocycles. The molecule has 0 aliphatic carbocycles. The van der Waals surface area contributed by atoms with Crippen molar-refractivity contribution in [1.29, 1.82) is 0 Å². The highest BCUT2D eigenvalue weighted by atomic mass is 16.7. The van der Waals surface area contributed by atoms with Gasteiger partial charge in [-0.25, -0.2) is 0 Å². The summed E-state index contributed by atoms with van der Waals surface area (Å²) in [6.07, 6.45) is -0.0579. The van der Waals surface area contributed by atoms with Gasteiger partial charge in [-0.1, -0.05) is 12.2 Å². The van der Waals surface area contributed by atoms with Gasteiger partial charge < -0.3 is 14.6 Å².